The molecule has 1 N–H and O–H groups in total. The van der Waals surface area contributed by atoms with Gasteiger partial charge in [0.2, 0.25) is 10.0 Å². The third-order valence-corrected chi connectivity index (χ3v) is 2.35. The largest absolute Gasteiger partial charge is 0.382 e. The molecule has 6 nitrogen and oxygen atoms in total. The van der Waals surface area contributed by atoms with Crippen LogP contribution in [0.2, 0.25) is 0 Å². The van der Waals surface area contributed by atoms with E-state index >= 15 is 0 Å². The van der Waals surface area contributed by atoms with Gasteiger partial charge in [0.15, 0.2) is 0 Å². The highest BCUT2D eigenvalue weighted by atomic mass is 32.2. The highest BCUT2D eigenvalue weighted by Crippen LogP contribution is 1.86. The van der Waals surface area contributed by atoms with Gasteiger partial charge in [-0.2, -0.15) is 0 Å². The van der Waals surface area contributed by atoms with E-state index in [4.69, 9.17) is 4.74 Å². The maximum Gasteiger partial charge on any atom is 0.235 e. The van der Waals surface area contributed by atoms with Crippen LogP contribution in [0, 0.1) is 0 Å². The summed E-state index contributed by atoms with van der Waals surface area (Å²) < 4.78 is 31.8. The number of hydrogen-bond donors (Lipinski definition) is 1. The van der Waals surface area contributed by atoms with E-state index in [0.29, 0.717) is 13.2 Å². The Morgan fingerprint density at radius 1 is 1.21 bits per heavy atom. The summed E-state index contributed by atoms with van der Waals surface area (Å²) in [6, 6.07) is 0. The van der Waals surface area contributed by atoms with E-state index < -0.39 is 10.0 Å². The maximum atomic E-state index is 11.1. The van der Waals surface area contributed by atoms with Crippen LogP contribution in [0.5, 0.6) is 0 Å². The number of sulfonamides is 1. The molecular formula is C7H17NO5S. The van der Waals surface area contributed by atoms with Gasteiger partial charge in [-0.25, -0.2) is 8.42 Å². The molecule has 0 saturated heterocycles. The number of nitrogens with one attached hydrogen (secondary N) is 1. The molecule has 0 aromatic rings. The molecule has 86 valence electrons. The first kappa shape index (κ1) is 13.8. The van der Waals surface area contributed by atoms with E-state index in [1.165, 1.54) is 7.11 Å². The van der Waals surface area contributed by atoms with E-state index in [1.807, 2.05) is 4.89 Å². The molecule has 0 heterocycles. The quantitative estimate of drug-likeness (QED) is 0.425. The van der Waals surface area contributed by atoms with Gasteiger partial charge in [-0.1, -0.05) is 4.89 Å². The van der Waals surface area contributed by atoms with Crippen molar-refractivity contribution in [3.63, 3.8) is 0 Å². The third-order valence-electron chi connectivity index (χ3n) is 1.28. The topological polar surface area (TPSA) is 73.9 Å². The predicted molar refractivity (Wildman–Crippen MR) is 51.2 cm³/mol. The molecule has 0 spiro atoms. The second-order valence-corrected chi connectivity index (χ2v) is 4.24. The van der Waals surface area contributed by atoms with Gasteiger partial charge in [0.1, 0.15) is 0 Å². The van der Waals surface area contributed by atoms with Gasteiger partial charge in [0.25, 0.3) is 0 Å². The van der Waals surface area contributed by atoms with Crippen molar-refractivity contribution in [3.05, 3.63) is 0 Å². The Balaban J connectivity index is 3.52. The van der Waals surface area contributed by atoms with Crippen molar-refractivity contribution in [2.45, 2.75) is 6.92 Å². The molecular weight excluding hydrogens is 210 g/mol. The molecule has 7 heteroatoms. The van der Waals surface area contributed by atoms with E-state index in [9.17, 15) is 8.42 Å². The van der Waals surface area contributed by atoms with E-state index in [-0.39, 0.29) is 19.0 Å². The summed E-state index contributed by atoms with van der Waals surface area (Å²) >= 11 is 0. The minimum Gasteiger partial charge on any atom is -0.382 e. The summed E-state index contributed by atoms with van der Waals surface area (Å²) in [5.74, 6) is -0.103. The van der Waals surface area contributed by atoms with Crippen molar-refractivity contribution in [1.82, 2.24) is 4.89 Å². The average molecular weight is 227 g/mol. The number of ether oxygens (including phenoxy) is 2. The second-order valence-electron chi connectivity index (χ2n) is 2.44. The minimum atomic E-state index is -3.39. The van der Waals surface area contributed by atoms with Gasteiger partial charge in [0, 0.05) is 13.7 Å². The zero-order valence-electron chi connectivity index (χ0n) is 8.49. The number of rotatable bonds is 9. The molecule has 0 saturated carbocycles. The normalized spacial score (nSPS) is 11.9. The van der Waals surface area contributed by atoms with Gasteiger partial charge in [-0.3, -0.25) is 4.84 Å². The number of methoxy groups -OCH3 is 1. The van der Waals surface area contributed by atoms with Crippen LogP contribution in [0.25, 0.3) is 0 Å². The van der Waals surface area contributed by atoms with Crippen LogP contribution in [-0.2, 0) is 24.3 Å². The van der Waals surface area contributed by atoms with E-state index in [2.05, 4.69) is 9.57 Å². The van der Waals surface area contributed by atoms with Crippen molar-refractivity contribution in [2.24, 2.45) is 0 Å². The van der Waals surface area contributed by atoms with Crippen LogP contribution >= 0.6 is 0 Å². The zero-order chi connectivity index (χ0) is 10.9. The molecule has 0 aliphatic carbocycles. The Bertz CT molecular complexity index is 216. The first-order valence-electron chi connectivity index (χ1n) is 4.30. The lowest BCUT2D eigenvalue weighted by atomic mass is 10.8. The number of hydrogen-bond acceptors (Lipinski definition) is 5. The molecule has 0 rings (SSSR count). The minimum absolute atomic E-state index is 0.103. The third kappa shape index (κ3) is 8.39. The monoisotopic (exact) mass is 227 g/mol. The van der Waals surface area contributed by atoms with Gasteiger partial charge in [-0.05, 0) is 6.92 Å². The molecule has 0 aromatic carbocycles. The second kappa shape index (κ2) is 8.13. The first-order valence-corrected chi connectivity index (χ1v) is 5.95. The molecule has 0 unspecified atom stereocenters. The molecule has 0 amide bonds. The van der Waals surface area contributed by atoms with Crippen molar-refractivity contribution in [2.75, 3.05) is 39.3 Å². The van der Waals surface area contributed by atoms with Crippen LogP contribution in [0.3, 0.4) is 0 Å². The van der Waals surface area contributed by atoms with Crippen LogP contribution in [-0.4, -0.2) is 47.7 Å². The smallest absolute Gasteiger partial charge is 0.235 e. The van der Waals surface area contributed by atoms with Gasteiger partial charge >= 0.3 is 0 Å². The van der Waals surface area contributed by atoms with Crippen molar-refractivity contribution < 1.29 is 22.7 Å². The maximum absolute atomic E-state index is 11.1. The zero-order valence-corrected chi connectivity index (χ0v) is 9.30. The summed E-state index contributed by atoms with van der Waals surface area (Å²) in [5.41, 5.74) is 0. The molecule has 0 fully saturated rings. The van der Waals surface area contributed by atoms with Crippen molar-refractivity contribution in [1.29, 1.82) is 0 Å². The van der Waals surface area contributed by atoms with Crippen LogP contribution in [0.15, 0.2) is 0 Å². The highest BCUT2D eigenvalue weighted by Gasteiger charge is 2.09. The first-order chi connectivity index (χ1) is 6.62. The molecule has 0 atom stereocenters. The fourth-order valence-corrected chi connectivity index (χ4v) is 1.29. The molecule has 0 bridgehead atoms. The lowest BCUT2D eigenvalue weighted by Gasteiger charge is -2.06. The van der Waals surface area contributed by atoms with Crippen LogP contribution < -0.4 is 4.89 Å². The molecule has 0 aromatic heterocycles. The van der Waals surface area contributed by atoms with Gasteiger partial charge in [-0.15, -0.1) is 0 Å². The molecule has 14 heavy (non-hydrogen) atoms. The highest BCUT2D eigenvalue weighted by molar-refractivity contribution is 7.89. The fraction of sp³-hybridized carbons (Fsp3) is 1.00. The Morgan fingerprint density at radius 2 is 1.93 bits per heavy atom. The van der Waals surface area contributed by atoms with E-state index in [0.717, 1.165) is 0 Å². The van der Waals surface area contributed by atoms with Crippen LogP contribution in [0.4, 0.5) is 0 Å². The SMILES string of the molecule is CCOCCS(=O)(=O)NOCCOC. The van der Waals surface area contributed by atoms with Crippen LogP contribution in [0.1, 0.15) is 6.92 Å². The van der Waals surface area contributed by atoms with Crippen molar-refractivity contribution >= 4 is 10.0 Å². The lowest BCUT2D eigenvalue weighted by Crippen LogP contribution is -2.29. The average Bonchev–Trinajstić information content (AvgIpc) is 2.13. The summed E-state index contributed by atoms with van der Waals surface area (Å²) in [7, 11) is -1.88. The van der Waals surface area contributed by atoms with Crippen molar-refractivity contribution in [3.8, 4) is 0 Å². The Morgan fingerprint density at radius 3 is 2.50 bits per heavy atom. The molecule has 0 aliphatic rings. The standard InChI is InChI=1S/C7H17NO5S/c1-3-12-6-7-14(9,10)8-13-5-4-11-2/h8H,3-7H2,1-2H3. The lowest BCUT2D eigenvalue weighted by molar-refractivity contribution is 0.0434. The summed E-state index contributed by atoms with van der Waals surface area (Å²) in [6.07, 6.45) is 0. The molecule has 0 radical (unpaired) electrons. The summed E-state index contributed by atoms with van der Waals surface area (Å²) in [4.78, 5) is 6.62. The summed E-state index contributed by atoms with van der Waals surface area (Å²) in [5, 5.41) is 0. The fourth-order valence-electron chi connectivity index (χ4n) is 0.611. The Kier molecular flexibility index (Phi) is 8.01. The van der Waals surface area contributed by atoms with Gasteiger partial charge < -0.3 is 9.47 Å². The van der Waals surface area contributed by atoms with E-state index in [1.54, 1.807) is 6.92 Å². The van der Waals surface area contributed by atoms with Gasteiger partial charge in [0.05, 0.1) is 25.6 Å². The Hall–Kier alpha value is -0.210. The molecule has 0 aliphatic heterocycles. The predicted octanol–water partition coefficient (Wildman–Crippen LogP) is -0.480. The summed E-state index contributed by atoms with van der Waals surface area (Å²) in [6.45, 7) is 2.99. The Labute approximate surface area is 84.5 Å².